The van der Waals surface area contributed by atoms with Gasteiger partial charge in [-0.05, 0) is 18.3 Å². The Labute approximate surface area is 110 Å². The molecule has 6 atom stereocenters. The number of fused-ring (bicyclic) bond motifs is 2. The number of aliphatic hydroxyl groups is 2. The Hall–Kier alpha value is -1.40. The SMILES string of the molecule is O=C(O)C1C2C=CC(C2)C1C(=O)N1C[C@@H](O)[C@@H](O)C1. The van der Waals surface area contributed by atoms with Gasteiger partial charge < -0.3 is 20.2 Å². The molecule has 4 unspecified atom stereocenters. The highest BCUT2D eigenvalue weighted by atomic mass is 16.4. The van der Waals surface area contributed by atoms with Gasteiger partial charge in [0.25, 0.3) is 0 Å². The Balaban J connectivity index is 1.80. The van der Waals surface area contributed by atoms with Crippen LogP contribution in [-0.4, -0.2) is 57.4 Å². The van der Waals surface area contributed by atoms with E-state index in [2.05, 4.69) is 0 Å². The topological polar surface area (TPSA) is 98.1 Å². The molecule has 1 saturated carbocycles. The molecule has 104 valence electrons. The summed E-state index contributed by atoms with van der Waals surface area (Å²) >= 11 is 0. The van der Waals surface area contributed by atoms with Gasteiger partial charge in [0.05, 0.1) is 24.0 Å². The molecule has 0 radical (unpaired) electrons. The largest absolute Gasteiger partial charge is 0.481 e. The summed E-state index contributed by atoms with van der Waals surface area (Å²) in [4.78, 5) is 25.2. The molecule has 0 aromatic heterocycles. The average molecular weight is 267 g/mol. The van der Waals surface area contributed by atoms with Gasteiger partial charge in [0, 0.05) is 13.1 Å². The molecule has 0 spiro atoms. The Kier molecular flexibility index (Phi) is 2.87. The van der Waals surface area contributed by atoms with Crippen molar-refractivity contribution >= 4 is 11.9 Å². The van der Waals surface area contributed by atoms with Crippen LogP contribution in [0.2, 0.25) is 0 Å². The predicted molar refractivity (Wildman–Crippen MR) is 63.9 cm³/mol. The van der Waals surface area contributed by atoms with Gasteiger partial charge in [0.15, 0.2) is 0 Å². The third-order valence-corrected chi connectivity index (χ3v) is 4.60. The van der Waals surface area contributed by atoms with Gasteiger partial charge in [0.2, 0.25) is 5.91 Å². The summed E-state index contributed by atoms with van der Waals surface area (Å²) in [5.74, 6) is -2.49. The number of hydrogen-bond acceptors (Lipinski definition) is 4. The number of likely N-dealkylation sites (tertiary alicyclic amines) is 1. The maximum absolute atomic E-state index is 12.4. The van der Waals surface area contributed by atoms with Crippen LogP contribution in [0.3, 0.4) is 0 Å². The second kappa shape index (κ2) is 4.31. The van der Waals surface area contributed by atoms with E-state index in [1.807, 2.05) is 12.2 Å². The highest BCUT2D eigenvalue weighted by Crippen LogP contribution is 2.49. The van der Waals surface area contributed by atoms with Crippen molar-refractivity contribution in [3.8, 4) is 0 Å². The van der Waals surface area contributed by atoms with E-state index in [4.69, 9.17) is 0 Å². The number of aliphatic carboxylic acids is 1. The molecule has 19 heavy (non-hydrogen) atoms. The van der Waals surface area contributed by atoms with E-state index in [1.54, 1.807) is 0 Å². The maximum atomic E-state index is 12.4. The second-order valence-electron chi connectivity index (χ2n) is 5.72. The zero-order valence-electron chi connectivity index (χ0n) is 10.3. The maximum Gasteiger partial charge on any atom is 0.307 e. The van der Waals surface area contributed by atoms with Crippen LogP contribution in [0.5, 0.6) is 0 Å². The molecule has 1 heterocycles. The summed E-state index contributed by atoms with van der Waals surface area (Å²) in [7, 11) is 0. The standard InChI is InChI=1S/C13H17NO5/c15-8-4-14(5-9(8)16)12(17)10-6-1-2-7(3-6)11(10)13(18)19/h1-2,6-11,15-16H,3-5H2,(H,18,19)/t6?,7?,8-,9+,10?,11?. The lowest BCUT2D eigenvalue weighted by atomic mass is 9.82. The van der Waals surface area contributed by atoms with Crippen LogP contribution in [0.4, 0.5) is 0 Å². The zero-order valence-corrected chi connectivity index (χ0v) is 10.3. The van der Waals surface area contributed by atoms with E-state index in [-0.39, 0.29) is 30.8 Å². The predicted octanol–water partition coefficient (Wildman–Crippen LogP) is -0.927. The molecule has 3 aliphatic rings. The average Bonchev–Trinajstić information content (AvgIpc) is 3.03. The number of carbonyl (C=O) groups is 2. The summed E-state index contributed by atoms with van der Waals surface area (Å²) in [6.07, 6.45) is 2.67. The lowest BCUT2D eigenvalue weighted by Gasteiger charge is -2.28. The fourth-order valence-corrected chi connectivity index (χ4v) is 3.66. The van der Waals surface area contributed by atoms with E-state index in [0.717, 1.165) is 0 Å². The van der Waals surface area contributed by atoms with E-state index in [1.165, 1.54) is 4.90 Å². The number of carboxylic acids is 1. The minimum absolute atomic E-state index is 0.0199. The van der Waals surface area contributed by atoms with Crippen molar-refractivity contribution in [2.45, 2.75) is 18.6 Å². The van der Waals surface area contributed by atoms with E-state index in [0.29, 0.717) is 6.42 Å². The summed E-state index contributed by atoms with van der Waals surface area (Å²) in [5, 5.41) is 28.3. The second-order valence-corrected chi connectivity index (χ2v) is 5.72. The minimum Gasteiger partial charge on any atom is -0.481 e. The Morgan fingerprint density at radius 3 is 2.05 bits per heavy atom. The van der Waals surface area contributed by atoms with Crippen LogP contribution in [0.1, 0.15) is 6.42 Å². The first-order valence-electron chi connectivity index (χ1n) is 6.55. The van der Waals surface area contributed by atoms with Crippen LogP contribution in [0, 0.1) is 23.7 Å². The van der Waals surface area contributed by atoms with Gasteiger partial charge in [-0.25, -0.2) is 0 Å². The van der Waals surface area contributed by atoms with Gasteiger partial charge in [-0.2, -0.15) is 0 Å². The highest BCUT2D eigenvalue weighted by molar-refractivity contribution is 5.87. The smallest absolute Gasteiger partial charge is 0.307 e. The number of aliphatic hydroxyl groups excluding tert-OH is 2. The lowest BCUT2D eigenvalue weighted by Crippen LogP contribution is -2.42. The van der Waals surface area contributed by atoms with Gasteiger partial charge in [-0.1, -0.05) is 12.2 Å². The fraction of sp³-hybridized carbons (Fsp3) is 0.692. The first kappa shape index (κ1) is 12.6. The summed E-state index contributed by atoms with van der Waals surface area (Å²) in [6, 6.07) is 0. The number of allylic oxidation sites excluding steroid dienone is 2. The number of amides is 1. The van der Waals surface area contributed by atoms with Gasteiger partial charge >= 0.3 is 5.97 Å². The number of β-amino-alcohol motifs (C(OH)–C–C–N with tert-alkyl or cyclic N) is 2. The lowest BCUT2D eigenvalue weighted by molar-refractivity contribution is -0.150. The van der Waals surface area contributed by atoms with Crippen molar-refractivity contribution in [1.29, 1.82) is 0 Å². The minimum atomic E-state index is -0.935. The molecule has 3 rings (SSSR count). The summed E-state index contributed by atoms with van der Waals surface area (Å²) in [5.41, 5.74) is 0. The van der Waals surface area contributed by atoms with E-state index >= 15 is 0 Å². The molecule has 6 heteroatoms. The van der Waals surface area contributed by atoms with Crippen molar-refractivity contribution in [1.82, 2.24) is 4.90 Å². The van der Waals surface area contributed by atoms with Crippen LogP contribution in [0.15, 0.2) is 12.2 Å². The molecule has 2 aliphatic carbocycles. The molecular weight excluding hydrogens is 250 g/mol. The van der Waals surface area contributed by atoms with E-state index in [9.17, 15) is 24.9 Å². The van der Waals surface area contributed by atoms with Gasteiger partial charge in [-0.3, -0.25) is 9.59 Å². The molecule has 2 bridgehead atoms. The van der Waals surface area contributed by atoms with Crippen molar-refractivity contribution < 1.29 is 24.9 Å². The molecule has 3 N–H and O–H groups in total. The van der Waals surface area contributed by atoms with Crippen molar-refractivity contribution in [3.05, 3.63) is 12.2 Å². The molecule has 1 aliphatic heterocycles. The molecule has 0 aromatic rings. The number of carbonyl (C=O) groups excluding carboxylic acids is 1. The van der Waals surface area contributed by atoms with Crippen LogP contribution in [-0.2, 0) is 9.59 Å². The zero-order chi connectivity index (χ0) is 13.7. The van der Waals surface area contributed by atoms with Crippen LogP contribution < -0.4 is 0 Å². The molecule has 1 amide bonds. The summed E-state index contributed by atoms with van der Waals surface area (Å²) < 4.78 is 0. The number of nitrogens with zero attached hydrogens (tertiary/aromatic N) is 1. The Morgan fingerprint density at radius 1 is 1.00 bits per heavy atom. The highest BCUT2D eigenvalue weighted by Gasteiger charge is 2.53. The normalized spacial score (nSPS) is 44.0. The first-order valence-corrected chi connectivity index (χ1v) is 6.55. The fourth-order valence-electron chi connectivity index (χ4n) is 3.66. The molecule has 6 nitrogen and oxygen atoms in total. The number of hydrogen-bond donors (Lipinski definition) is 3. The Morgan fingerprint density at radius 2 is 1.53 bits per heavy atom. The van der Waals surface area contributed by atoms with Crippen molar-refractivity contribution in [3.63, 3.8) is 0 Å². The van der Waals surface area contributed by atoms with Crippen LogP contribution >= 0.6 is 0 Å². The quantitative estimate of drug-likeness (QED) is 0.562. The molecule has 0 aromatic carbocycles. The van der Waals surface area contributed by atoms with Crippen molar-refractivity contribution in [2.75, 3.05) is 13.1 Å². The summed E-state index contributed by atoms with van der Waals surface area (Å²) in [6.45, 7) is 0.174. The number of carboxylic acid groups (broad SMARTS) is 1. The third kappa shape index (κ3) is 1.86. The van der Waals surface area contributed by atoms with Gasteiger partial charge in [0.1, 0.15) is 0 Å². The monoisotopic (exact) mass is 267 g/mol. The third-order valence-electron chi connectivity index (χ3n) is 4.60. The van der Waals surface area contributed by atoms with Crippen molar-refractivity contribution in [2.24, 2.45) is 23.7 Å². The first-order chi connectivity index (χ1) is 8.99. The Bertz CT molecular complexity index is 438. The molecule has 2 fully saturated rings. The van der Waals surface area contributed by atoms with Crippen LogP contribution in [0.25, 0.3) is 0 Å². The van der Waals surface area contributed by atoms with Gasteiger partial charge in [-0.15, -0.1) is 0 Å². The molecular formula is C13H17NO5. The van der Waals surface area contributed by atoms with E-state index < -0.39 is 30.0 Å². The number of rotatable bonds is 2. The molecule has 1 saturated heterocycles.